The summed E-state index contributed by atoms with van der Waals surface area (Å²) in [6, 6.07) is 16.6. The number of nitrogens with zero attached hydrogens (tertiary/aromatic N) is 2. The molecule has 0 bridgehead atoms. The summed E-state index contributed by atoms with van der Waals surface area (Å²) in [6.45, 7) is 0. The second-order valence-electron chi connectivity index (χ2n) is 4.49. The molecule has 1 N–H and O–H groups in total. The van der Waals surface area contributed by atoms with E-state index >= 15 is 0 Å². The predicted octanol–water partition coefficient (Wildman–Crippen LogP) is 3.93. The van der Waals surface area contributed by atoms with E-state index in [9.17, 15) is 10.1 Å². The molecule has 0 radical (unpaired) electrons. The average Bonchev–Trinajstić information content (AvgIpc) is 3.07. The molecular weight excluding hydrogens is 294 g/mol. The van der Waals surface area contributed by atoms with Gasteiger partial charge >= 0.3 is 0 Å². The number of thiazole rings is 1. The van der Waals surface area contributed by atoms with Crippen LogP contribution in [0.1, 0.15) is 15.9 Å². The third-order valence-electron chi connectivity index (χ3n) is 3.16. The van der Waals surface area contributed by atoms with Crippen LogP contribution in [0.2, 0.25) is 0 Å². The molecule has 1 amide bonds. The number of nitrogens with one attached hydrogen (secondary N) is 1. The van der Waals surface area contributed by atoms with Crippen molar-refractivity contribution in [2.75, 3.05) is 5.32 Å². The van der Waals surface area contributed by atoms with E-state index in [1.807, 2.05) is 24.3 Å². The van der Waals surface area contributed by atoms with Gasteiger partial charge in [-0.05, 0) is 17.7 Å². The molecule has 0 atom stereocenters. The SMILES string of the molecule is N#Cc1ccccc1-c1ccccc1C(=O)Nc1nccs1. The third-order valence-corrected chi connectivity index (χ3v) is 3.85. The van der Waals surface area contributed by atoms with Crippen molar-refractivity contribution in [3.05, 3.63) is 71.2 Å². The number of rotatable bonds is 3. The number of aromatic nitrogens is 1. The Labute approximate surface area is 131 Å². The van der Waals surface area contributed by atoms with Crippen LogP contribution in [0, 0.1) is 11.3 Å². The van der Waals surface area contributed by atoms with Gasteiger partial charge in [0.05, 0.1) is 11.6 Å². The van der Waals surface area contributed by atoms with E-state index in [-0.39, 0.29) is 5.91 Å². The fraction of sp³-hybridized carbons (Fsp3) is 0. The molecule has 0 unspecified atom stereocenters. The molecule has 0 saturated heterocycles. The first kappa shape index (κ1) is 14.0. The van der Waals surface area contributed by atoms with Gasteiger partial charge in [0.25, 0.3) is 5.91 Å². The third kappa shape index (κ3) is 2.73. The van der Waals surface area contributed by atoms with Gasteiger partial charge in [-0.1, -0.05) is 36.4 Å². The lowest BCUT2D eigenvalue weighted by Gasteiger charge is -2.10. The zero-order valence-corrected chi connectivity index (χ0v) is 12.3. The lowest BCUT2D eigenvalue weighted by molar-refractivity contribution is 0.102. The number of carbonyl (C=O) groups excluding carboxylic acids is 1. The Hall–Kier alpha value is -2.97. The van der Waals surface area contributed by atoms with Crippen molar-refractivity contribution in [2.24, 2.45) is 0 Å². The van der Waals surface area contributed by atoms with Crippen LogP contribution in [-0.4, -0.2) is 10.9 Å². The van der Waals surface area contributed by atoms with Crippen molar-refractivity contribution in [3.63, 3.8) is 0 Å². The van der Waals surface area contributed by atoms with Crippen molar-refractivity contribution in [3.8, 4) is 17.2 Å². The van der Waals surface area contributed by atoms with Gasteiger partial charge in [-0.25, -0.2) is 4.98 Å². The molecule has 0 fully saturated rings. The number of anilines is 1. The molecular formula is C17H11N3OS. The Bertz CT molecular complexity index is 850. The van der Waals surface area contributed by atoms with Gasteiger partial charge < -0.3 is 0 Å². The van der Waals surface area contributed by atoms with E-state index in [0.717, 1.165) is 11.1 Å². The summed E-state index contributed by atoms with van der Waals surface area (Å²) in [7, 11) is 0. The number of nitriles is 1. The van der Waals surface area contributed by atoms with Crippen LogP contribution in [0.3, 0.4) is 0 Å². The Morgan fingerprint density at radius 1 is 1.09 bits per heavy atom. The number of amides is 1. The quantitative estimate of drug-likeness (QED) is 0.797. The molecule has 22 heavy (non-hydrogen) atoms. The Kier molecular flexibility index (Phi) is 3.95. The van der Waals surface area contributed by atoms with Crippen LogP contribution in [-0.2, 0) is 0 Å². The fourth-order valence-corrected chi connectivity index (χ4v) is 2.71. The van der Waals surface area contributed by atoms with Crippen molar-refractivity contribution in [1.29, 1.82) is 5.26 Å². The van der Waals surface area contributed by atoms with Crippen LogP contribution >= 0.6 is 11.3 Å². The minimum absolute atomic E-state index is 0.238. The van der Waals surface area contributed by atoms with E-state index in [0.29, 0.717) is 16.3 Å². The molecule has 4 nitrogen and oxygen atoms in total. The zero-order valence-electron chi connectivity index (χ0n) is 11.5. The molecule has 3 rings (SSSR count). The predicted molar refractivity (Wildman–Crippen MR) is 86.7 cm³/mol. The van der Waals surface area contributed by atoms with Crippen LogP contribution in [0.5, 0.6) is 0 Å². The highest BCUT2D eigenvalue weighted by Crippen LogP contribution is 2.27. The van der Waals surface area contributed by atoms with Crippen LogP contribution < -0.4 is 5.32 Å². The molecule has 106 valence electrons. The van der Waals surface area contributed by atoms with Gasteiger partial charge in [0.15, 0.2) is 5.13 Å². The lowest BCUT2D eigenvalue weighted by atomic mass is 9.95. The molecule has 5 heteroatoms. The molecule has 0 aliphatic carbocycles. The lowest BCUT2D eigenvalue weighted by Crippen LogP contribution is -2.13. The van der Waals surface area contributed by atoms with Crippen LogP contribution in [0.25, 0.3) is 11.1 Å². The molecule has 2 aromatic carbocycles. The second-order valence-corrected chi connectivity index (χ2v) is 5.39. The average molecular weight is 305 g/mol. The van der Waals surface area contributed by atoms with E-state index in [1.165, 1.54) is 11.3 Å². The number of carbonyl (C=O) groups is 1. The smallest absolute Gasteiger partial charge is 0.258 e. The van der Waals surface area contributed by atoms with Gasteiger partial charge in [-0.3, -0.25) is 10.1 Å². The number of hydrogen-bond donors (Lipinski definition) is 1. The highest BCUT2D eigenvalue weighted by Gasteiger charge is 2.15. The largest absolute Gasteiger partial charge is 0.298 e. The monoisotopic (exact) mass is 305 g/mol. The minimum Gasteiger partial charge on any atom is -0.298 e. The first-order valence-electron chi connectivity index (χ1n) is 6.59. The topological polar surface area (TPSA) is 65.8 Å². The number of hydrogen-bond acceptors (Lipinski definition) is 4. The minimum atomic E-state index is -0.238. The molecule has 0 saturated carbocycles. The molecule has 0 aliphatic heterocycles. The van der Waals surface area contributed by atoms with E-state index < -0.39 is 0 Å². The number of benzene rings is 2. The summed E-state index contributed by atoms with van der Waals surface area (Å²) < 4.78 is 0. The molecule has 1 aromatic heterocycles. The normalized spacial score (nSPS) is 9.95. The van der Waals surface area contributed by atoms with Gasteiger partial charge in [0.1, 0.15) is 0 Å². The summed E-state index contributed by atoms with van der Waals surface area (Å²) in [5.41, 5.74) is 2.53. The maximum atomic E-state index is 12.5. The standard InChI is InChI=1S/C17H11N3OS/c18-11-12-5-1-2-6-13(12)14-7-3-4-8-15(14)16(21)20-17-19-9-10-22-17/h1-10H,(H,19,20,21). The zero-order chi connectivity index (χ0) is 15.4. The van der Waals surface area contributed by atoms with Crippen LogP contribution in [0.4, 0.5) is 5.13 Å². The Morgan fingerprint density at radius 2 is 1.82 bits per heavy atom. The summed E-state index contributed by atoms with van der Waals surface area (Å²) >= 11 is 1.36. The van der Waals surface area contributed by atoms with Crippen molar-refractivity contribution < 1.29 is 4.79 Å². The van der Waals surface area contributed by atoms with Crippen molar-refractivity contribution in [1.82, 2.24) is 4.98 Å². The van der Waals surface area contributed by atoms with E-state index in [2.05, 4.69) is 16.4 Å². The first-order chi connectivity index (χ1) is 10.8. The summed E-state index contributed by atoms with van der Waals surface area (Å²) in [5.74, 6) is -0.238. The molecule has 1 heterocycles. The highest BCUT2D eigenvalue weighted by molar-refractivity contribution is 7.13. The van der Waals surface area contributed by atoms with Gasteiger partial charge in [0.2, 0.25) is 0 Å². The van der Waals surface area contributed by atoms with E-state index in [1.54, 1.807) is 35.8 Å². The Balaban J connectivity index is 2.04. The summed E-state index contributed by atoms with van der Waals surface area (Å²) in [4.78, 5) is 16.5. The van der Waals surface area contributed by atoms with Crippen LogP contribution in [0.15, 0.2) is 60.1 Å². The maximum Gasteiger partial charge on any atom is 0.258 e. The van der Waals surface area contributed by atoms with Gasteiger partial charge in [-0.2, -0.15) is 5.26 Å². The van der Waals surface area contributed by atoms with Crippen molar-refractivity contribution >= 4 is 22.4 Å². The first-order valence-corrected chi connectivity index (χ1v) is 7.47. The van der Waals surface area contributed by atoms with E-state index in [4.69, 9.17) is 0 Å². The molecule has 3 aromatic rings. The maximum absolute atomic E-state index is 12.5. The van der Waals surface area contributed by atoms with Crippen molar-refractivity contribution in [2.45, 2.75) is 0 Å². The molecule has 0 aliphatic rings. The van der Waals surface area contributed by atoms with Gasteiger partial charge in [-0.15, -0.1) is 11.3 Å². The fourth-order valence-electron chi connectivity index (χ4n) is 2.18. The summed E-state index contributed by atoms with van der Waals surface area (Å²) in [6.07, 6.45) is 1.64. The second kappa shape index (κ2) is 6.20. The van der Waals surface area contributed by atoms with Gasteiger partial charge in [0, 0.05) is 22.7 Å². The summed E-state index contributed by atoms with van der Waals surface area (Å²) in [5, 5.41) is 14.4. The Morgan fingerprint density at radius 3 is 2.55 bits per heavy atom. The highest BCUT2D eigenvalue weighted by atomic mass is 32.1. The molecule has 0 spiro atoms.